The third-order valence-corrected chi connectivity index (χ3v) is 5.27. The first-order chi connectivity index (χ1) is 10.7. The van der Waals surface area contributed by atoms with Gasteiger partial charge in [0, 0.05) is 18.6 Å². The molecule has 120 valence electrons. The second kappa shape index (κ2) is 5.20. The number of sulfone groups is 1. The zero-order valence-corrected chi connectivity index (χ0v) is 12.7. The molecule has 0 aliphatic carbocycles. The van der Waals surface area contributed by atoms with Gasteiger partial charge in [0.2, 0.25) is 15.6 Å². The summed E-state index contributed by atoms with van der Waals surface area (Å²) < 4.78 is 64.9. The highest BCUT2D eigenvalue weighted by Crippen LogP contribution is 2.35. The van der Waals surface area contributed by atoms with Crippen molar-refractivity contribution in [1.82, 2.24) is 14.4 Å². The second-order valence-electron chi connectivity index (χ2n) is 4.57. The summed E-state index contributed by atoms with van der Waals surface area (Å²) in [6, 6.07) is 2.13. The van der Waals surface area contributed by atoms with Crippen LogP contribution in [0.3, 0.4) is 0 Å². The van der Waals surface area contributed by atoms with Crippen molar-refractivity contribution in [2.75, 3.05) is 0 Å². The Bertz CT molecular complexity index is 999. The van der Waals surface area contributed by atoms with Crippen LogP contribution in [-0.2, 0) is 16.0 Å². The number of hydrogen-bond donors (Lipinski definition) is 0. The van der Waals surface area contributed by atoms with Gasteiger partial charge in [-0.15, -0.1) is 0 Å². The van der Waals surface area contributed by atoms with E-state index < -0.39 is 26.5 Å². The fourth-order valence-electron chi connectivity index (χ4n) is 1.95. The summed E-state index contributed by atoms with van der Waals surface area (Å²) >= 11 is 5.79. The zero-order valence-electron chi connectivity index (χ0n) is 11.1. The van der Waals surface area contributed by atoms with Crippen molar-refractivity contribution in [3.8, 4) is 0 Å². The van der Waals surface area contributed by atoms with E-state index in [1.165, 1.54) is 23.0 Å². The van der Waals surface area contributed by atoms with E-state index in [2.05, 4.69) is 9.97 Å². The second-order valence-corrected chi connectivity index (χ2v) is 6.90. The molecule has 0 amide bonds. The maximum absolute atomic E-state index is 12.8. The topological polar surface area (TPSA) is 64.3 Å². The summed E-state index contributed by atoms with van der Waals surface area (Å²) in [5.74, 6) is 0.263. The van der Waals surface area contributed by atoms with Crippen LogP contribution in [0.2, 0.25) is 5.02 Å². The number of hydrogen-bond acceptors (Lipinski definition) is 4. The van der Waals surface area contributed by atoms with Gasteiger partial charge in [-0.1, -0.05) is 11.6 Å². The van der Waals surface area contributed by atoms with E-state index in [0.29, 0.717) is 6.07 Å². The first-order valence-electron chi connectivity index (χ1n) is 6.10. The summed E-state index contributed by atoms with van der Waals surface area (Å²) in [4.78, 5) is 6.78. The third-order valence-electron chi connectivity index (χ3n) is 3.08. The van der Waals surface area contributed by atoms with Crippen LogP contribution in [0.4, 0.5) is 13.2 Å². The van der Waals surface area contributed by atoms with Crippen LogP contribution in [-0.4, -0.2) is 22.8 Å². The van der Waals surface area contributed by atoms with Crippen molar-refractivity contribution in [1.29, 1.82) is 0 Å². The molecule has 0 N–H and O–H groups in total. The number of aromatic nitrogens is 3. The van der Waals surface area contributed by atoms with E-state index in [-0.39, 0.29) is 15.7 Å². The van der Waals surface area contributed by atoms with Crippen molar-refractivity contribution in [3.05, 3.63) is 53.6 Å². The molecule has 2 heterocycles. The Kier molecular flexibility index (Phi) is 3.56. The first kappa shape index (κ1) is 15.8. The molecule has 0 atom stereocenters. The first-order valence-corrected chi connectivity index (χ1v) is 7.96. The number of fused-ring (bicyclic) bond motifs is 1. The maximum Gasteiger partial charge on any atom is 0.416 e. The molecule has 0 radical (unpaired) electrons. The zero-order chi connectivity index (χ0) is 16.8. The Labute approximate surface area is 133 Å². The van der Waals surface area contributed by atoms with E-state index in [0.717, 1.165) is 18.3 Å². The van der Waals surface area contributed by atoms with Gasteiger partial charge in [0.1, 0.15) is 4.90 Å². The average molecular weight is 362 g/mol. The molecule has 0 bridgehead atoms. The molecule has 5 nitrogen and oxygen atoms in total. The minimum absolute atomic E-state index is 0.263. The molecule has 1 aromatic carbocycles. The highest BCUT2D eigenvalue weighted by Gasteiger charge is 2.33. The van der Waals surface area contributed by atoms with Crippen molar-refractivity contribution in [3.63, 3.8) is 0 Å². The molecular weight excluding hydrogens is 355 g/mol. The molecule has 0 fully saturated rings. The molecule has 0 saturated carbocycles. The van der Waals surface area contributed by atoms with E-state index in [9.17, 15) is 21.6 Å². The SMILES string of the molecule is O=S(=O)(c1cnc2nccn2c1)c1cc(C(F)(F)F)ccc1Cl. The lowest BCUT2D eigenvalue weighted by atomic mass is 10.2. The molecule has 0 aliphatic heterocycles. The number of halogens is 4. The van der Waals surface area contributed by atoms with Crippen LogP contribution >= 0.6 is 11.6 Å². The third kappa shape index (κ3) is 2.77. The van der Waals surface area contributed by atoms with E-state index in [1.54, 1.807) is 0 Å². The number of rotatable bonds is 2. The fraction of sp³-hybridized carbons (Fsp3) is 0.0769. The lowest BCUT2D eigenvalue weighted by Crippen LogP contribution is -2.09. The number of alkyl halides is 3. The summed E-state index contributed by atoms with van der Waals surface area (Å²) in [6.07, 6.45) is 0.433. The van der Waals surface area contributed by atoms with Gasteiger partial charge in [0.05, 0.1) is 21.7 Å². The Morgan fingerprint density at radius 2 is 1.91 bits per heavy atom. The number of imidazole rings is 1. The molecule has 0 saturated heterocycles. The van der Waals surface area contributed by atoms with Crippen LogP contribution < -0.4 is 0 Å². The molecular formula is C13H7ClF3N3O2S. The summed E-state index contributed by atoms with van der Waals surface area (Å²) in [7, 11) is -4.26. The molecule has 0 spiro atoms. The van der Waals surface area contributed by atoms with E-state index in [4.69, 9.17) is 11.6 Å². The average Bonchev–Trinajstić information content (AvgIpc) is 2.93. The minimum atomic E-state index is -4.68. The fourth-order valence-corrected chi connectivity index (χ4v) is 3.68. The summed E-state index contributed by atoms with van der Waals surface area (Å²) in [5, 5.41) is -0.302. The van der Waals surface area contributed by atoms with Gasteiger partial charge < -0.3 is 0 Å². The molecule has 10 heteroatoms. The highest BCUT2D eigenvalue weighted by atomic mass is 35.5. The highest BCUT2D eigenvalue weighted by molar-refractivity contribution is 7.91. The smallest absolute Gasteiger partial charge is 0.290 e. The van der Waals surface area contributed by atoms with Gasteiger partial charge in [0.25, 0.3) is 0 Å². The molecule has 23 heavy (non-hydrogen) atoms. The number of benzene rings is 1. The lowest BCUT2D eigenvalue weighted by Gasteiger charge is -2.11. The molecule has 2 aromatic heterocycles. The largest absolute Gasteiger partial charge is 0.416 e. The van der Waals surface area contributed by atoms with E-state index in [1.807, 2.05) is 0 Å². The Balaban J connectivity index is 2.19. The maximum atomic E-state index is 12.8. The quantitative estimate of drug-likeness (QED) is 0.703. The molecule has 3 aromatic rings. The number of nitrogens with zero attached hydrogens (tertiary/aromatic N) is 3. The normalized spacial score (nSPS) is 12.7. The Morgan fingerprint density at radius 1 is 1.17 bits per heavy atom. The summed E-state index contributed by atoms with van der Waals surface area (Å²) in [5.41, 5.74) is -1.10. The van der Waals surface area contributed by atoms with Crippen LogP contribution in [0.1, 0.15) is 5.56 Å². The van der Waals surface area contributed by atoms with Crippen molar-refractivity contribution >= 4 is 27.2 Å². The van der Waals surface area contributed by atoms with Gasteiger partial charge in [-0.25, -0.2) is 18.4 Å². The molecule has 0 aliphatic rings. The minimum Gasteiger partial charge on any atom is -0.290 e. The van der Waals surface area contributed by atoms with Gasteiger partial charge in [-0.3, -0.25) is 4.40 Å². The summed E-state index contributed by atoms with van der Waals surface area (Å²) in [6.45, 7) is 0. The van der Waals surface area contributed by atoms with Crippen LogP contribution in [0.15, 0.2) is 52.8 Å². The predicted octanol–water partition coefficient (Wildman–Crippen LogP) is 3.23. The van der Waals surface area contributed by atoms with Crippen molar-refractivity contribution in [2.24, 2.45) is 0 Å². The van der Waals surface area contributed by atoms with Crippen LogP contribution in [0, 0.1) is 0 Å². The molecule has 3 rings (SSSR count). The van der Waals surface area contributed by atoms with Crippen molar-refractivity contribution < 1.29 is 21.6 Å². The van der Waals surface area contributed by atoms with Crippen LogP contribution in [0.5, 0.6) is 0 Å². The van der Waals surface area contributed by atoms with Crippen LogP contribution in [0.25, 0.3) is 5.78 Å². The van der Waals surface area contributed by atoms with Gasteiger partial charge in [-0.05, 0) is 18.2 Å². The lowest BCUT2D eigenvalue weighted by molar-refractivity contribution is -0.137. The monoisotopic (exact) mass is 361 g/mol. The Morgan fingerprint density at radius 3 is 2.61 bits per heavy atom. The van der Waals surface area contributed by atoms with E-state index >= 15 is 0 Å². The van der Waals surface area contributed by atoms with Gasteiger partial charge in [-0.2, -0.15) is 13.2 Å². The Hall–Kier alpha value is -2.13. The van der Waals surface area contributed by atoms with Gasteiger partial charge >= 0.3 is 6.18 Å². The standard InChI is InChI=1S/C13H7ClF3N3O2S/c14-10-2-1-8(13(15,16)17)5-11(10)23(21,22)9-6-19-12-18-3-4-20(12)7-9/h1-7H. The predicted molar refractivity (Wildman–Crippen MR) is 74.9 cm³/mol. The van der Waals surface area contributed by atoms with Gasteiger partial charge in [0.15, 0.2) is 0 Å². The molecule has 0 unspecified atom stereocenters. The van der Waals surface area contributed by atoms with Crippen molar-refractivity contribution in [2.45, 2.75) is 16.0 Å².